The van der Waals surface area contributed by atoms with Crippen LogP contribution in [0.15, 0.2) is 68.6 Å². The van der Waals surface area contributed by atoms with Crippen LogP contribution in [0.3, 0.4) is 0 Å². The highest BCUT2D eigenvalue weighted by Gasteiger charge is 2.17. The van der Waals surface area contributed by atoms with Crippen LogP contribution in [0.4, 0.5) is 5.88 Å². The van der Waals surface area contributed by atoms with Gasteiger partial charge in [-0.05, 0) is 24.3 Å². The summed E-state index contributed by atoms with van der Waals surface area (Å²) in [6, 6.07) is 12.3. The first-order chi connectivity index (χ1) is 12.2. The third kappa shape index (κ3) is 2.80. The number of nitrogens with one attached hydrogen (secondary N) is 1. The van der Waals surface area contributed by atoms with Crippen molar-refractivity contribution in [1.82, 2.24) is 14.7 Å². The molecule has 0 aliphatic carbocycles. The maximum atomic E-state index is 12.3. The van der Waals surface area contributed by atoms with Gasteiger partial charge in [-0.25, -0.2) is 4.79 Å². The van der Waals surface area contributed by atoms with Gasteiger partial charge in [-0.15, -0.1) is 0 Å². The highest BCUT2D eigenvalue weighted by molar-refractivity contribution is 5.93. The van der Waals surface area contributed by atoms with Crippen LogP contribution in [0.5, 0.6) is 0 Å². The Morgan fingerprint density at radius 1 is 1.16 bits per heavy atom. The van der Waals surface area contributed by atoms with Gasteiger partial charge in [0.25, 0.3) is 0 Å². The van der Waals surface area contributed by atoms with E-state index in [1.807, 2.05) is 6.07 Å². The fourth-order valence-corrected chi connectivity index (χ4v) is 2.51. The Morgan fingerprint density at radius 3 is 2.84 bits per heavy atom. The molecule has 0 atom stereocenters. The highest BCUT2D eigenvalue weighted by atomic mass is 16.5. The number of aromatic nitrogens is 3. The Kier molecular flexibility index (Phi) is 3.62. The van der Waals surface area contributed by atoms with Gasteiger partial charge >= 0.3 is 5.76 Å². The minimum atomic E-state index is -0.598. The van der Waals surface area contributed by atoms with E-state index in [-0.39, 0.29) is 12.4 Å². The number of fused-ring (bicyclic) bond motifs is 1. The summed E-state index contributed by atoms with van der Waals surface area (Å²) in [5.74, 6) is -0.869. The van der Waals surface area contributed by atoms with Crippen LogP contribution in [0.2, 0.25) is 0 Å². The molecule has 1 N–H and O–H groups in total. The number of amides is 1. The molecule has 0 aliphatic heterocycles. The lowest BCUT2D eigenvalue weighted by atomic mass is 10.2. The number of carbonyl (C=O) groups is 1. The summed E-state index contributed by atoms with van der Waals surface area (Å²) in [6.45, 7) is -0.210. The molecular weight excluding hydrogens is 324 g/mol. The zero-order chi connectivity index (χ0) is 17.2. The summed E-state index contributed by atoms with van der Waals surface area (Å²) in [7, 11) is 0. The van der Waals surface area contributed by atoms with E-state index in [4.69, 9.17) is 8.94 Å². The van der Waals surface area contributed by atoms with Crippen LogP contribution in [0, 0.1) is 0 Å². The van der Waals surface area contributed by atoms with Gasteiger partial charge in [0.05, 0.1) is 23.0 Å². The van der Waals surface area contributed by atoms with Gasteiger partial charge in [-0.1, -0.05) is 23.4 Å². The lowest BCUT2D eigenvalue weighted by molar-refractivity contribution is -0.116. The van der Waals surface area contributed by atoms with Crippen molar-refractivity contribution in [1.29, 1.82) is 0 Å². The minimum absolute atomic E-state index is 0.171. The molecule has 4 aromatic rings. The molecule has 124 valence electrons. The van der Waals surface area contributed by atoms with Gasteiger partial charge in [-0.3, -0.25) is 19.7 Å². The summed E-state index contributed by atoms with van der Waals surface area (Å²) in [4.78, 5) is 28.5. The van der Waals surface area contributed by atoms with Crippen LogP contribution in [-0.2, 0) is 11.3 Å². The molecule has 1 amide bonds. The molecule has 8 heteroatoms. The monoisotopic (exact) mass is 336 g/mol. The van der Waals surface area contributed by atoms with E-state index in [1.54, 1.807) is 42.6 Å². The molecule has 3 aromatic heterocycles. The predicted molar refractivity (Wildman–Crippen MR) is 88.8 cm³/mol. The van der Waals surface area contributed by atoms with Crippen LogP contribution in [0.25, 0.3) is 22.4 Å². The number of rotatable bonds is 4. The number of carbonyl (C=O) groups excluding carboxylic acids is 1. The second-order valence-corrected chi connectivity index (χ2v) is 5.25. The number of nitrogens with zero attached hydrogens (tertiary/aromatic N) is 3. The standard InChI is InChI=1S/C17H12N4O4/c22-15(10-21-13-6-1-2-7-14(13)24-17(21)23)20-16-11(9-19-25-16)12-5-3-4-8-18-12/h1-9H,10H2,(H,20,22). The smallest absolute Gasteiger partial charge is 0.408 e. The SMILES string of the molecule is O=C(Cn1c(=O)oc2ccccc21)Nc1oncc1-c1ccccn1. The Morgan fingerprint density at radius 2 is 2.00 bits per heavy atom. The highest BCUT2D eigenvalue weighted by Crippen LogP contribution is 2.25. The molecule has 0 radical (unpaired) electrons. The van der Waals surface area contributed by atoms with Crippen LogP contribution < -0.4 is 11.1 Å². The van der Waals surface area contributed by atoms with Gasteiger partial charge in [0.15, 0.2) is 5.58 Å². The maximum absolute atomic E-state index is 12.3. The first-order valence-corrected chi connectivity index (χ1v) is 7.46. The lowest BCUT2D eigenvalue weighted by Gasteiger charge is -2.04. The average Bonchev–Trinajstić information content (AvgIpc) is 3.20. The summed E-state index contributed by atoms with van der Waals surface area (Å²) < 4.78 is 11.5. The summed E-state index contributed by atoms with van der Waals surface area (Å²) in [5, 5.41) is 6.31. The Balaban J connectivity index is 1.59. The van der Waals surface area contributed by atoms with Gasteiger partial charge in [0.1, 0.15) is 6.54 Å². The predicted octanol–water partition coefficient (Wildman–Crippen LogP) is 2.28. The average molecular weight is 336 g/mol. The largest absolute Gasteiger partial charge is 0.420 e. The summed E-state index contributed by atoms with van der Waals surface area (Å²) in [5.41, 5.74) is 2.14. The summed E-state index contributed by atoms with van der Waals surface area (Å²) >= 11 is 0. The molecule has 8 nitrogen and oxygen atoms in total. The number of anilines is 1. The quantitative estimate of drug-likeness (QED) is 0.613. The van der Waals surface area contributed by atoms with Crippen molar-refractivity contribution in [2.24, 2.45) is 0 Å². The first-order valence-electron chi connectivity index (χ1n) is 7.46. The van der Waals surface area contributed by atoms with Crippen LogP contribution in [-0.4, -0.2) is 20.6 Å². The topological polar surface area (TPSA) is 103 Å². The third-order valence-corrected chi connectivity index (χ3v) is 3.64. The zero-order valence-corrected chi connectivity index (χ0v) is 12.9. The number of hydrogen-bond donors (Lipinski definition) is 1. The Bertz CT molecular complexity index is 1090. The normalized spacial score (nSPS) is 10.9. The van der Waals surface area contributed by atoms with Crippen molar-refractivity contribution in [3.05, 3.63) is 65.4 Å². The molecule has 0 fully saturated rings. The molecule has 0 saturated heterocycles. The first kappa shape index (κ1) is 14.9. The number of benzene rings is 1. The second-order valence-electron chi connectivity index (χ2n) is 5.25. The van der Waals surface area contributed by atoms with Gasteiger partial charge in [0, 0.05) is 6.20 Å². The molecule has 0 spiro atoms. The van der Waals surface area contributed by atoms with E-state index in [2.05, 4.69) is 15.5 Å². The van der Waals surface area contributed by atoms with E-state index >= 15 is 0 Å². The van der Waals surface area contributed by atoms with Crippen LogP contribution >= 0.6 is 0 Å². The molecule has 0 saturated carbocycles. The van der Waals surface area contributed by atoms with E-state index < -0.39 is 11.7 Å². The van der Waals surface area contributed by atoms with Crippen molar-refractivity contribution in [2.75, 3.05) is 5.32 Å². The minimum Gasteiger partial charge on any atom is -0.408 e. The van der Waals surface area contributed by atoms with Crippen molar-refractivity contribution in [3.63, 3.8) is 0 Å². The third-order valence-electron chi connectivity index (χ3n) is 3.64. The zero-order valence-electron chi connectivity index (χ0n) is 12.9. The molecule has 3 heterocycles. The molecule has 1 aromatic carbocycles. The fraction of sp³-hybridized carbons (Fsp3) is 0.0588. The van der Waals surface area contributed by atoms with Gasteiger partial charge < -0.3 is 8.94 Å². The summed E-state index contributed by atoms with van der Waals surface area (Å²) in [6.07, 6.45) is 3.10. The number of pyridine rings is 1. The number of oxazole rings is 1. The maximum Gasteiger partial charge on any atom is 0.420 e. The van der Waals surface area contributed by atoms with Crippen molar-refractivity contribution < 1.29 is 13.7 Å². The molecule has 4 rings (SSSR count). The van der Waals surface area contributed by atoms with E-state index in [0.717, 1.165) is 0 Å². The van der Waals surface area contributed by atoms with E-state index in [9.17, 15) is 9.59 Å². The molecule has 0 bridgehead atoms. The molecule has 0 aliphatic rings. The number of hydrogen-bond acceptors (Lipinski definition) is 6. The molecule has 25 heavy (non-hydrogen) atoms. The van der Waals surface area contributed by atoms with Crippen molar-refractivity contribution >= 4 is 22.9 Å². The van der Waals surface area contributed by atoms with E-state index in [0.29, 0.717) is 22.4 Å². The van der Waals surface area contributed by atoms with Gasteiger partial charge in [-0.2, -0.15) is 0 Å². The lowest BCUT2D eigenvalue weighted by Crippen LogP contribution is -2.24. The molecular formula is C17H12N4O4. The number of para-hydroxylation sites is 2. The van der Waals surface area contributed by atoms with Crippen molar-refractivity contribution in [3.8, 4) is 11.3 Å². The Labute approximate surface area is 140 Å². The second kappa shape index (κ2) is 6.08. The van der Waals surface area contributed by atoms with Gasteiger partial charge in [0.2, 0.25) is 11.8 Å². The van der Waals surface area contributed by atoms with Crippen LogP contribution in [0.1, 0.15) is 0 Å². The Hall–Kier alpha value is -3.68. The van der Waals surface area contributed by atoms with E-state index in [1.165, 1.54) is 10.8 Å². The molecule has 0 unspecified atom stereocenters. The fourth-order valence-electron chi connectivity index (χ4n) is 2.51. The van der Waals surface area contributed by atoms with Crippen molar-refractivity contribution in [2.45, 2.75) is 6.54 Å².